The molecule has 0 amide bonds. The van der Waals surface area contributed by atoms with Crippen LogP contribution in [0, 0.1) is 0 Å². The minimum absolute atomic E-state index is 0.330. The van der Waals surface area contributed by atoms with Crippen LogP contribution in [0.25, 0.3) is 0 Å². The second kappa shape index (κ2) is 13.3. The van der Waals surface area contributed by atoms with Crippen molar-refractivity contribution in [3.05, 3.63) is 0 Å². The molecule has 20 heavy (non-hydrogen) atoms. The van der Waals surface area contributed by atoms with Crippen molar-refractivity contribution in [3.63, 3.8) is 0 Å². The Kier molecular flexibility index (Phi) is 12.8. The molecule has 0 aromatic rings. The summed E-state index contributed by atoms with van der Waals surface area (Å²) in [6.45, 7) is 2.19. The van der Waals surface area contributed by atoms with Crippen LogP contribution < -0.4 is 0 Å². The first-order valence-corrected chi connectivity index (χ1v) is 8.92. The molecule has 0 bridgehead atoms. The predicted molar refractivity (Wildman–Crippen MR) is 83.1 cm³/mol. The fraction of sp³-hybridized carbons (Fsp3) is 0.867. The number of ether oxygens (including phenoxy) is 1. The van der Waals surface area contributed by atoms with E-state index in [0.29, 0.717) is 18.6 Å². The van der Waals surface area contributed by atoms with Gasteiger partial charge >= 0.3 is 11.9 Å². The maximum atomic E-state index is 11.6. The van der Waals surface area contributed by atoms with Gasteiger partial charge in [0.1, 0.15) is 0 Å². The lowest BCUT2D eigenvalue weighted by molar-refractivity contribution is -0.164. The van der Waals surface area contributed by atoms with Crippen molar-refractivity contribution in [2.75, 3.05) is 12.0 Å². The average Bonchev–Trinajstić information content (AvgIpc) is 2.42. The maximum absolute atomic E-state index is 11.6. The van der Waals surface area contributed by atoms with E-state index in [1.54, 1.807) is 11.8 Å². The molecule has 4 nitrogen and oxygen atoms in total. The molecule has 0 aliphatic carbocycles. The Morgan fingerprint density at radius 3 is 2.25 bits per heavy atom. The van der Waals surface area contributed by atoms with Crippen molar-refractivity contribution in [1.82, 2.24) is 0 Å². The molecule has 0 saturated carbocycles. The van der Waals surface area contributed by atoms with E-state index in [1.807, 2.05) is 6.26 Å². The number of esters is 1. The van der Waals surface area contributed by atoms with Crippen LogP contribution in [0.15, 0.2) is 0 Å². The first-order valence-electron chi connectivity index (χ1n) is 7.53. The molecular weight excluding hydrogens is 276 g/mol. The van der Waals surface area contributed by atoms with Crippen molar-refractivity contribution in [3.8, 4) is 0 Å². The average molecular weight is 304 g/mol. The normalized spacial score (nSPS) is 12.1. The highest BCUT2D eigenvalue weighted by Gasteiger charge is 2.21. The summed E-state index contributed by atoms with van der Waals surface area (Å²) in [5, 5.41) is 8.95. The molecule has 0 rings (SSSR count). The maximum Gasteiger partial charge on any atom is 0.345 e. The SMILES string of the molecule is CCCCCCCCCC(=O)OC(CCSC)C(=O)O. The fourth-order valence-corrected chi connectivity index (χ4v) is 2.35. The van der Waals surface area contributed by atoms with E-state index in [2.05, 4.69) is 6.92 Å². The molecule has 5 heteroatoms. The van der Waals surface area contributed by atoms with Crippen molar-refractivity contribution >= 4 is 23.7 Å². The Bertz CT molecular complexity index is 269. The number of unbranched alkanes of at least 4 members (excludes halogenated alkanes) is 6. The zero-order chi connectivity index (χ0) is 15.2. The third-order valence-electron chi connectivity index (χ3n) is 3.12. The van der Waals surface area contributed by atoms with Gasteiger partial charge in [0, 0.05) is 12.8 Å². The quantitative estimate of drug-likeness (QED) is 0.413. The van der Waals surface area contributed by atoms with Crippen LogP contribution in [0.2, 0.25) is 0 Å². The van der Waals surface area contributed by atoms with E-state index in [9.17, 15) is 9.59 Å². The summed E-state index contributed by atoms with van der Waals surface area (Å²) in [5.74, 6) is -0.749. The first kappa shape index (κ1) is 19.3. The Balaban J connectivity index is 3.66. The molecular formula is C15H28O4S. The van der Waals surface area contributed by atoms with Gasteiger partial charge in [0.2, 0.25) is 0 Å². The number of carboxylic acids is 1. The molecule has 0 spiro atoms. The van der Waals surface area contributed by atoms with Gasteiger partial charge in [-0.15, -0.1) is 0 Å². The van der Waals surface area contributed by atoms with E-state index in [4.69, 9.17) is 9.84 Å². The number of thioether (sulfide) groups is 1. The predicted octanol–water partition coefficient (Wildman–Crippen LogP) is 3.88. The highest BCUT2D eigenvalue weighted by molar-refractivity contribution is 7.98. The van der Waals surface area contributed by atoms with E-state index in [-0.39, 0.29) is 5.97 Å². The zero-order valence-electron chi connectivity index (χ0n) is 12.7. The van der Waals surface area contributed by atoms with Crippen LogP contribution in [-0.2, 0) is 14.3 Å². The molecule has 0 aliphatic heterocycles. The van der Waals surface area contributed by atoms with E-state index >= 15 is 0 Å². The van der Waals surface area contributed by atoms with E-state index < -0.39 is 12.1 Å². The third-order valence-corrected chi connectivity index (χ3v) is 3.76. The lowest BCUT2D eigenvalue weighted by Gasteiger charge is -2.13. The third kappa shape index (κ3) is 11.1. The molecule has 0 aliphatic rings. The van der Waals surface area contributed by atoms with Crippen molar-refractivity contribution in [1.29, 1.82) is 0 Å². The first-order chi connectivity index (χ1) is 9.61. The summed E-state index contributed by atoms with van der Waals surface area (Å²) >= 11 is 1.55. The summed E-state index contributed by atoms with van der Waals surface area (Å²) in [6.07, 6.45) is 9.56. The molecule has 1 unspecified atom stereocenters. The number of carbonyl (C=O) groups is 2. The fourth-order valence-electron chi connectivity index (χ4n) is 1.90. The minimum Gasteiger partial charge on any atom is -0.479 e. The second-order valence-electron chi connectivity index (χ2n) is 4.97. The highest BCUT2D eigenvalue weighted by atomic mass is 32.2. The molecule has 1 N–H and O–H groups in total. The number of aliphatic carboxylic acids is 1. The molecule has 0 radical (unpaired) electrons. The van der Waals surface area contributed by atoms with Crippen molar-refractivity contribution in [2.45, 2.75) is 70.8 Å². The smallest absolute Gasteiger partial charge is 0.345 e. The number of carboxylic acid groups (broad SMARTS) is 1. The number of hydrogen-bond acceptors (Lipinski definition) is 4. The standard InChI is InChI=1S/C15H28O4S/c1-3-4-5-6-7-8-9-10-14(16)19-13(15(17)18)11-12-20-2/h13H,3-12H2,1-2H3,(H,17,18). The summed E-state index contributed by atoms with van der Waals surface area (Å²) in [4.78, 5) is 22.5. The Morgan fingerprint density at radius 1 is 1.10 bits per heavy atom. The van der Waals surface area contributed by atoms with Crippen LogP contribution in [-0.4, -0.2) is 35.2 Å². The number of hydrogen-bond donors (Lipinski definition) is 1. The summed E-state index contributed by atoms with van der Waals surface area (Å²) in [7, 11) is 0. The second-order valence-corrected chi connectivity index (χ2v) is 5.96. The van der Waals surface area contributed by atoms with Gasteiger partial charge < -0.3 is 9.84 Å². The van der Waals surface area contributed by atoms with Gasteiger partial charge in [0.25, 0.3) is 0 Å². The Labute approximate surface area is 126 Å². The van der Waals surface area contributed by atoms with Crippen LogP contribution >= 0.6 is 11.8 Å². The van der Waals surface area contributed by atoms with Crippen LogP contribution in [0.1, 0.15) is 64.7 Å². The minimum atomic E-state index is -1.05. The van der Waals surface area contributed by atoms with E-state index in [0.717, 1.165) is 19.3 Å². The largest absolute Gasteiger partial charge is 0.479 e. The monoisotopic (exact) mass is 304 g/mol. The number of carbonyl (C=O) groups excluding carboxylic acids is 1. The number of rotatable bonds is 13. The lowest BCUT2D eigenvalue weighted by atomic mass is 10.1. The lowest BCUT2D eigenvalue weighted by Crippen LogP contribution is -2.27. The molecule has 0 fully saturated rings. The Morgan fingerprint density at radius 2 is 1.70 bits per heavy atom. The molecule has 0 aromatic heterocycles. The van der Waals surface area contributed by atoms with Gasteiger partial charge in [-0.25, -0.2) is 4.79 Å². The molecule has 0 heterocycles. The van der Waals surface area contributed by atoms with Crippen molar-refractivity contribution < 1.29 is 19.4 Å². The van der Waals surface area contributed by atoms with Crippen LogP contribution in [0.3, 0.4) is 0 Å². The Hall–Kier alpha value is -0.710. The van der Waals surface area contributed by atoms with Crippen LogP contribution in [0.4, 0.5) is 0 Å². The molecule has 0 saturated heterocycles. The van der Waals surface area contributed by atoms with E-state index in [1.165, 1.54) is 25.7 Å². The summed E-state index contributed by atoms with van der Waals surface area (Å²) in [6, 6.07) is 0. The highest BCUT2D eigenvalue weighted by Crippen LogP contribution is 2.11. The van der Waals surface area contributed by atoms with Crippen molar-refractivity contribution in [2.24, 2.45) is 0 Å². The van der Waals surface area contributed by atoms with Gasteiger partial charge in [-0.05, 0) is 18.4 Å². The molecule has 1 atom stereocenters. The topological polar surface area (TPSA) is 63.6 Å². The van der Waals surface area contributed by atoms with Gasteiger partial charge in [-0.1, -0.05) is 45.4 Å². The zero-order valence-corrected chi connectivity index (χ0v) is 13.5. The van der Waals surface area contributed by atoms with Gasteiger partial charge in [0.05, 0.1) is 0 Å². The summed E-state index contributed by atoms with van der Waals surface area (Å²) in [5.41, 5.74) is 0. The van der Waals surface area contributed by atoms with Gasteiger partial charge in [0.15, 0.2) is 6.10 Å². The molecule has 118 valence electrons. The molecule has 0 aromatic carbocycles. The van der Waals surface area contributed by atoms with Gasteiger partial charge in [-0.3, -0.25) is 4.79 Å². The van der Waals surface area contributed by atoms with Gasteiger partial charge in [-0.2, -0.15) is 11.8 Å². The van der Waals surface area contributed by atoms with Crippen LogP contribution in [0.5, 0.6) is 0 Å². The summed E-state index contributed by atoms with van der Waals surface area (Å²) < 4.78 is 5.01.